The maximum atomic E-state index is 12.4. The van der Waals surface area contributed by atoms with Crippen LogP contribution in [-0.2, 0) is 16.4 Å². The number of aliphatic hydroxyl groups excluding tert-OH is 1. The monoisotopic (exact) mass is 501 g/mol. The molecule has 6 nitrogen and oxygen atoms in total. The first-order valence-corrected chi connectivity index (χ1v) is 13.1. The Labute approximate surface area is 207 Å². The van der Waals surface area contributed by atoms with Gasteiger partial charge in [-0.05, 0) is 67.8 Å². The molecule has 0 amide bonds. The summed E-state index contributed by atoms with van der Waals surface area (Å²) in [6, 6.07) is 22.1. The standard InChI is InChI=1S/C26H32ClN3O3S/c1-19-6-12-25(13-7-19)34(32,33)30-15-14-21-8-10-24(11-9-21)29-17-20(2)28-18-26(31)22-4-3-5-23(27)16-22/h3-13,16,20,26,28-31H,14-15,17-18H2,1-2H3/t20-,26+/m1/s1. The molecule has 0 unspecified atom stereocenters. The fraction of sp³-hybridized carbons (Fsp3) is 0.308. The summed E-state index contributed by atoms with van der Waals surface area (Å²) in [6.07, 6.45) is -0.0195. The molecule has 4 N–H and O–H groups in total. The van der Waals surface area contributed by atoms with E-state index in [0.717, 1.165) is 22.4 Å². The van der Waals surface area contributed by atoms with Crippen LogP contribution < -0.4 is 15.4 Å². The first kappa shape index (κ1) is 26.2. The van der Waals surface area contributed by atoms with Crippen molar-refractivity contribution in [1.82, 2.24) is 10.0 Å². The minimum Gasteiger partial charge on any atom is -0.387 e. The van der Waals surface area contributed by atoms with Crippen LogP contribution in [0.5, 0.6) is 0 Å². The van der Waals surface area contributed by atoms with Gasteiger partial charge in [0, 0.05) is 36.4 Å². The molecule has 0 fully saturated rings. The van der Waals surface area contributed by atoms with Gasteiger partial charge in [-0.3, -0.25) is 0 Å². The lowest BCUT2D eigenvalue weighted by Crippen LogP contribution is -2.35. The Kier molecular flexibility index (Phi) is 9.50. The van der Waals surface area contributed by atoms with E-state index >= 15 is 0 Å². The first-order valence-electron chi connectivity index (χ1n) is 11.3. The van der Waals surface area contributed by atoms with E-state index in [0.29, 0.717) is 31.1 Å². The Morgan fingerprint density at radius 3 is 2.35 bits per heavy atom. The highest BCUT2D eigenvalue weighted by molar-refractivity contribution is 7.89. The molecule has 3 rings (SSSR count). The topological polar surface area (TPSA) is 90.5 Å². The fourth-order valence-corrected chi connectivity index (χ4v) is 4.64. The van der Waals surface area contributed by atoms with Crippen molar-refractivity contribution < 1.29 is 13.5 Å². The molecule has 0 heterocycles. The molecule has 0 aliphatic carbocycles. The summed E-state index contributed by atoms with van der Waals surface area (Å²) in [5.74, 6) is 0. The van der Waals surface area contributed by atoms with E-state index in [1.165, 1.54) is 0 Å². The zero-order chi connectivity index (χ0) is 24.6. The lowest BCUT2D eigenvalue weighted by atomic mass is 10.1. The summed E-state index contributed by atoms with van der Waals surface area (Å²) in [6.45, 7) is 5.43. The van der Waals surface area contributed by atoms with Crippen molar-refractivity contribution in [2.24, 2.45) is 0 Å². The van der Waals surface area contributed by atoms with Crippen LogP contribution >= 0.6 is 11.6 Å². The Morgan fingerprint density at radius 1 is 0.971 bits per heavy atom. The number of hydrogen-bond donors (Lipinski definition) is 4. The number of anilines is 1. The molecule has 3 aromatic rings. The van der Waals surface area contributed by atoms with Crippen molar-refractivity contribution >= 4 is 27.3 Å². The van der Waals surface area contributed by atoms with E-state index in [-0.39, 0.29) is 10.9 Å². The third-order valence-electron chi connectivity index (χ3n) is 5.50. The van der Waals surface area contributed by atoms with Gasteiger partial charge in [0.05, 0.1) is 11.0 Å². The number of rotatable bonds is 12. The smallest absolute Gasteiger partial charge is 0.240 e. The van der Waals surface area contributed by atoms with Crippen LogP contribution in [0.25, 0.3) is 0 Å². The number of aliphatic hydroxyl groups is 1. The van der Waals surface area contributed by atoms with Crippen molar-refractivity contribution in [3.8, 4) is 0 Å². The molecule has 0 aromatic heterocycles. The number of nitrogens with one attached hydrogen (secondary N) is 3. The molecule has 8 heteroatoms. The maximum absolute atomic E-state index is 12.4. The van der Waals surface area contributed by atoms with Crippen LogP contribution in [0.2, 0.25) is 5.02 Å². The largest absolute Gasteiger partial charge is 0.387 e. The molecule has 0 saturated carbocycles. The highest BCUT2D eigenvalue weighted by Gasteiger charge is 2.13. The quantitative estimate of drug-likeness (QED) is 0.297. The summed E-state index contributed by atoms with van der Waals surface area (Å²) >= 11 is 5.99. The van der Waals surface area contributed by atoms with Crippen molar-refractivity contribution in [2.45, 2.75) is 37.3 Å². The lowest BCUT2D eigenvalue weighted by molar-refractivity contribution is 0.171. The van der Waals surface area contributed by atoms with Gasteiger partial charge in [0.15, 0.2) is 0 Å². The maximum Gasteiger partial charge on any atom is 0.240 e. The van der Waals surface area contributed by atoms with Gasteiger partial charge in [0.1, 0.15) is 0 Å². The Hall–Kier alpha value is -2.42. The number of sulfonamides is 1. The SMILES string of the molecule is Cc1ccc(S(=O)(=O)NCCc2ccc(NC[C@@H](C)NC[C@H](O)c3cccc(Cl)c3)cc2)cc1. The van der Waals surface area contributed by atoms with E-state index in [9.17, 15) is 13.5 Å². The van der Waals surface area contributed by atoms with Gasteiger partial charge in [0.2, 0.25) is 10.0 Å². The van der Waals surface area contributed by atoms with Crippen LogP contribution in [0.3, 0.4) is 0 Å². The molecular formula is C26H32ClN3O3S. The van der Waals surface area contributed by atoms with Gasteiger partial charge in [0.25, 0.3) is 0 Å². The Balaban J connectivity index is 1.39. The Morgan fingerprint density at radius 2 is 1.68 bits per heavy atom. The zero-order valence-corrected chi connectivity index (χ0v) is 21.0. The second kappa shape index (κ2) is 12.3. The average molecular weight is 502 g/mol. The third-order valence-corrected chi connectivity index (χ3v) is 7.21. The van der Waals surface area contributed by atoms with Crippen molar-refractivity contribution in [3.05, 3.63) is 94.5 Å². The summed E-state index contributed by atoms with van der Waals surface area (Å²) in [5, 5.41) is 17.6. The summed E-state index contributed by atoms with van der Waals surface area (Å²) in [4.78, 5) is 0.278. The predicted octanol–water partition coefficient (Wildman–Crippen LogP) is 4.29. The predicted molar refractivity (Wildman–Crippen MR) is 139 cm³/mol. The molecule has 182 valence electrons. The summed E-state index contributed by atoms with van der Waals surface area (Å²) in [5.41, 5.74) is 3.84. The number of halogens is 1. The third kappa shape index (κ3) is 8.11. The van der Waals surface area contributed by atoms with E-state index < -0.39 is 16.1 Å². The number of hydrogen-bond acceptors (Lipinski definition) is 5. The second-order valence-corrected chi connectivity index (χ2v) is 10.6. The van der Waals surface area contributed by atoms with Crippen LogP contribution in [0.15, 0.2) is 77.7 Å². The van der Waals surface area contributed by atoms with Crippen molar-refractivity contribution in [3.63, 3.8) is 0 Å². The van der Waals surface area contributed by atoms with Crippen LogP contribution in [-0.4, -0.2) is 39.2 Å². The highest BCUT2D eigenvalue weighted by Crippen LogP contribution is 2.17. The molecule has 0 aliphatic heterocycles. The van der Waals surface area contributed by atoms with E-state index in [2.05, 4.69) is 15.4 Å². The van der Waals surface area contributed by atoms with Gasteiger partial charge in [-0.15, -0.1) is 0 Å². The van der Waals surface area contributed by atoms with E-state index in [4.69, 9.17) is 11.6 Å². The first-order chi connectivity index (χ1) is 16.2. The van der Waals surface area contributed by atoms with Gasteiger partial charge >= 0.3 is 0 Å². The normalized spacial score (nSPS) is 13.4. The molecule has 3 aromatic carbocycles. The minimum absolute atomic E-state index is 0.143. The summed E-state index contributed by atoms with van der Waals surface area (Å²) in [7, 11) is -3.50. The molecular weight excluding hydrogens is 470 g/mol. The fourth-order valence-electron chi connectivity index (χ4n) is 3.41. The molecule has 0 aliphatic rings. The van der Waals surface area contributed by atoms with Crippen LogP contribution in [0.4, 0.5) is 5.69 Å². The Bertz CT molecular complexity index is 1150. The number of aryl methyl sites for hydroxylation is 1. The number of benzene rings is 3. The zero-order valence-electron chi connectivity index (χ0n) is 19.5. The molecule has 0 bridgehead atoms. The van der Waals surface area contributed by atoms with Crippen molar-refractivity contribution in [1.29, 1.82) is 0 Å². The average Bonchev–Trinajstić information content (AvgIpc) is 2.82. The van der Waals surface area contributed by atoms with Crippen LogP contribution in [0, 0.1) is 6.92 Å². The van der Waals surface area contributed by atoms with Gasteiger partial charge < -0.3 is 15.7 Å². The van der Waals surface area contributed by atoms with E-state index in [1.54, 1.807) is 36.4 Å². The molecule has 0 saturated heterocycles. The minimum atomic E-state index is -3.50. The van der Waals surface area contributed by atoms with Crippen LogP contribution in [0.1, 0.15) is 29.7 Å². The molecule has 34 heavy (non-hydrogen) atoms. The molecule has 2 atom stereocenters. The summed E-state index contributed by atoms with van der Waals surface area (Å²) < 4.78 is 27.4. The molecule has 0 spiro atoms. The lowest BCUT2D eigenvalue weighted by Gasteiger charge is -2.18. The van der Waals surface area contributed by atoms with E-state index in [1.807, 2.05) is 50.2 Å². The van der Waals surface area contributed by atoms with Gasteiger partial charge in [-0.25, -0.2) is 13.1 Å². The van der Waals surface area contributed by atoms with Gasteiger partial charge in [-0.2, -0.15) is 0 Å². The highest BCUT2D eigenvalue weighted by atomic mass is 35.5. The molecule has 0 radical (unpaired) electrons. The van der Waals surface area contributed by atoms with Crippen molar-refractivity contribution in [2.75, 3.05) is 25.0 Å². The second-order valence-electron chi connectivity index (χ2n) is 8.42. The van der Waals surface area contributed by atoms with Gasteiger partial charge in [-0.1, -0.05) is 53.6 Å².